The first-order chi connectivity index (χ1) is 45.8. The molecule has 9 heterocycles. The number of ether oxygens (including phenoxy) is 1. The highest BCUT2D eigenvalue weighted by Crippen LogP contribution is 2.34. The second-order valence-corrected chi connectivity index (χ2v) is 24.0. The molecule has 2 N–H and O–H groups in total. The number of piperidine rings is 4. The van der Waals surface area contributed by atoms with Crippen molar-refractivity contribution in [3.63, 3.8) is 0 Å². The second-order valence-electron chi connectivity index (χ2n) is 23.7. The van der Waals surface area contributed by atoms with Crippen molar-refractivity contribution in [2.75, 3.05) is 92.3 Å². The Morgan fingerprint density at radius 2 is 0.766 bits per heavy atom. The number of nitrogens with zero attached hydrogens (tertiary/aromatic N) is 9. The van der Waals surface area contributed by atoms with Gasteiger partial charge in [0.05, 0.1) is 13.7 Å². The van der Waals surface area contributed by atoms with Gasteiger partial charge in [0, 0.05) is 129 Å². The van der Waals surface area contributed by atoms with Crippen LogP contribution in [0.4, 0.5) is 45.2 Å². The van der Waals surface area contributed by atoms with E-state index in [0.717, 1.165) is 182 Å². The molecule has 94 heavy (non-hydrogen) atoms. The lowest BCUT2D eigenvalue weighted by Gasteiger charge is -2.32. The molecule has 0 spiro atoms. The molecule has 0 unspecified atom stereocenters. The summed E-state index contributed by atoms with van der Waals surface area (Å²) in [4.78, 5) is 52.2. The Balaban J connectivity index is 0.000000130. The number of carbonyl (C=O) groups is 2. The van der Waals surface area contributed by atoms with Crippen LogP contribution in [0.2, 0.25) is 5.15 Å². The number of hydrogen-bond donors (Lipinski definition) is 2. The van der Waals surface area contributed by atoms with Crippen LogP contribution in [0.5, 0.6) is 0 Å². The van der Waals surface area contributed by atoms with E-state index in [0.29, 0.717) is 28.3 Å². The maximum absolute atomic E-state index is 13.6. The number of fused-ring (bicyclic) bond motifs is 5. The molecule has 5 aromatic heterocycles. The summed E-state index contributed by atoms with van der Waals surface area (Å²) in [6.45, 7) is 7.17. The molecule has 10 aromatic rings. The Morgan fingerprint density at radius 1 is 0.457 bits per heavy atom. The molecule has 4 fully saturated rings. The lowest BCUT2D eigenvalue weighted by Crippen LogP contribution is -2.35. The van der Waals surface area contributed by atoms with Crippen LogP contribution in [0.25, 0.3) is 53.9 Å². The highest BCUT2D eigenvalue weighted by molar-refractivity contribution is 6.34. The number of benzene rings is 5. The third-order valence-corrected chi connectivity index (χ3v) is 17.9. The van der Waals surface area contributed by atoms with Gasteiger partial charge in [0.2, 0.25) is 0 Å². The maximum Gasteiger partial charge on any atom is 0.330 e. The zero-order valence-corrected chi connectivity index (χ0v) is 53.0. The van der Waals surface area contributed by atoms with E-state index in [1.165, 1.54) is 55.7 Å². The summed E-state index contributed by atoms with van der Waals surface area (Å²) in [5, 5.41) is 27.3. The predicted octanol–water partition coefficient (Wildman–Crippen LogP) is 14.9. The molecule has 4 saturated heterocycles. The summed E-state index contributed by atoms with van der Waals surface area (Å²) >= 11 is 5.75. The van der Waals surface area contributed by atoms with Crippen LogP contribution >= 0.6 is 11.6 Å². The summed E-state index contributed by atoms with van der Waals surface area (Å²) in [7, 11) is 1.38. The first kappa shape index (κ1) is 67.7. The van der Waals surface area contributed by atoms with E-state index in [1.54, 1.807) is 85.6 Å². The third kappa shape index (κ3) is 17.7. The normalized spacial score (nSPS) is 15.9. The number of carbonyl (C=O) groups excluding carboxylic acids is 2. The van der Waals surface area contributed by atoms with E-state index >= 15 is 0 Å². The number of hydrogen-bond acceptors (Lipinski definition) is 14. The van der Waals surface area contributed by atoms with E-state index < -0.39 is 0 Å². The number of methoxy groups -OCH3 is 1. The van der Waals surface area contributed by atoms with Crippen LogP contribution in [-0.2, 0) is 14.3 Å². The van der Waals surface area contributed by atoms with E-state index in [9.17, 15) is 36.6 Å². The zero-order valence-electron chi connectivity index (χ0n) is 52.3. The van der Waals surface area contributed by atoms with Gasteiger partial charge in [-0.15, -0.1) is 0 Å². The highest BCUT2D eigenvalue weighted by atomic mass is 35.5. The summed E-state index contributed by atoms with van der Waals surface area (Å²) in [6, 6.07) is 33.1. The van der Waals surface area contributed by atoms with Crippen molar-refractivity contribution in [2.24, 2.45) is 23.7 Å². The molecule has 0 bridgehead atoms. The topological polar surface area (TPSA) is 161 Å². The smallest absolute Gasteiger partial charge is 0.330 e. The van der Waals surface area contributed by atoms with E-state index in [4.69, 9.17) is 16.7 Å². The quantitative estimate of drug-likeness (QED) is 0.0332. The Hall–Kier alpha value is -9.17. The van der Waals surface area contributed by atoms with Crippen molar-refractivity contribution >= 4 is 101 Å². The number of rotatable bonds is 10. The fourth-order valence-corrected chi connectivity index (χ4v) is 12.6. The Bertz CT molecular complexity index is 4250. The highest BCUT2D eigenvalue weighted by Gasteiger charge is 2.25. The molecule has 0 amide bonds. The van der Waals surface area contributed by atoms with Crippen molar-refractivity contribution in [3.8, 4) is 0 Å². The standard InChI is InChI=1S/C18H19FN2O2.C17H19FN2O.C15H17FN2O.C15H15FN2O.C9H5ClFN/c1-23-17(22)5-2-13-7-10-21(11-8-13)18-16-12-15(19)4-3-14(16)6-9-20-18;18-15-4-3-14-5-8-19-17(16(14)12-15)20-9-6-13(7-10-20)2-1-11-21;2*16-13-2-1-12-3-6-17-15(14(12)9-13)18-7-4-11(10-19)5-8-18;10-9-8-5-7(11)2-1-6(8)3-4-12-9/h2-6,9,12-13H,7-8,10-11H2,1H3;1-5,8,12-13,21H,6-7,9-11H2;1-3,6,9,11,19H,4-5,7-8,10H2;1-3,6,9-11H,4-5,7-8H2;1-5H/b5-2+;2-1+;;;. The molecule has 4 aliphatic rings. The molecule has 5 aromatic carbocycles. The number of aldehydes is 1. The van der Waals surface area contributed by atoms with Crippen LogP contribution in [-0.4, -0.2) is 120 Å². The van der Waals surface area contributed by atoms with Crippen molar-refractivity contribution in [1.29, 1.82) is 0 Å². The number of allylic oxidation sites excluding steroid dienone is 2. The van der Waals surface area contributed by atoms with Crippen LogP contribution in [0.1, 0.15) is 51.4 Å². The van der Waals surface area contributed by atoms with Crippen LogP contribution in [0.3, 0.4) is 0 Å². The number of aliphatic hydroxyl groups excluding tert-OH is 2. The minimum Gasteiger partial charge on any atom is -0.466 e. The molecule has 0 saturated carbocycles. The van der Waals surface area contributed by atoms with Gasteiger partial charge in [-0.1, -0.05) is 60.2 Å². The maximum atomic E-state index is 13.6. The van der Waals surface area contributed by atoms with Gasteiger partial charge in [-0.2, -0.15) is 0 Å². The Kier molecular flexibility index (Phi) is 23.8. The molecular formula is C74H75ClF5N9O5. The van der Waals surface area contributed by atoms with Crippen molar-refractivity contribution in [1.82, 2.24) is 24.9 Å². The van der Waals surface area contributed by atoms with E-state index in [2.05, 4.69) is 55.3 Å². The molecule has 4 aliphatic heterocycles. The largest absolute Gasteiger partial charge is 0.466 e. The molecule has 14 nitrogen and oxygen atoms in total. The summed E-state index contributed by atoms with van der Waals surface area (Å²) in [5.74, 6) is 3.24. The Morgan fingerprint density at radius 3 is 1.10 bits per heavy atom. The molecule has 488 valence electrons. The number of anilines is 4. The van der Waals surface area contributed by atoms with Gasteiger partial charge < -0.3 is 39.3 Å². The molecule has 0 atom stereocenters. The molecule has 14 rings (SSSR count). The van der Waals surface area contributed by atoms with Gasteiger partial charge in [-0.25, -0.2) is 51.7 Å². The molecule has 0 radical (unpaired) electrons. The number of halogens is 6. The second kappa shape index (κ2) is 33.1. The summed E-state index contributed by atoms with van der Waals surface area (Å²) in [6.07, 6.45) is 24.6. The number of esters is 1. The van der Waals surface area contributed by atoms with Crippen LogP contribution < -0.4 is 19.6 Å². The van der Waals surface area contributed by atoms with Gasteiger partial charge in [0.25, 0.3) is 0 Å². The average molecular weight is 1300 g/mol. The van der Waals surface area contributed by atoms with E-state index in [1.807, 2.05) is 36.4 Å². The Labute approximate surface area is 548 Å². The lowest BCUT2D eigenvalue weighted by molar-refractivity contribution is -0.134. The van der Waals surface area contributed by atoms with Gasteiger partial charge in [-0.3, -0.25) is 0 Å². The monoisotopic (exact) mass is 1300 g/mol. The first-order valence-corrected chi connectivity index (χ1v) is 32.1. The summed E-state index contributed by atoms with van der Waals surface area (Å²) in [5.41, 5.74) is 0. The number of aromatic nitrogens is 5. The average Bonchev–Trinajstić information content (AvgIpc) is 0.861. The van der Waals surface area contributed by atoms with Crippen molar-refractivity contribution in [2.45, 2.75) is 51.4 Å². The SMILES string of the molecule is COC(=O)/C=C/C1CCN(c2nccc3ccc(F)cc23)CC1.Fc1ccc2ccnc(Cl)c2c1.O=CC1CCN(c2nccc3ccc(F)cc23)CC1.OC/C=C/C1CCN(c2nccc3ccc(F)cc23)CC1.OCC1CCN(c2nccc3ccc(F)cc23)CC1. The third-order valence-electron chi connectivity index (χ3n) is 17.6. The summed E-state index contributed by atoms with van der Waals surface area (Å²) < 4.78 is 71.2. The zero-order chi connectivity index (χ0) is 65.9. The van der Waals surface area contributed by atoms with Gasteiger partial charge in [-0.05, 0) is 187 Å². The number of pyridine rings is 5. The molecule has 0 aliphatic carbocycles. The fourth-order valence-electron chi connectivity index (χ4n) is 12.3. The van der Waals surface area contributed by atoms with Gasteiger partial charge in [0.1, 0.15) is 63.8 Å². The van der Waals surface area contributed by atoms with Crippen molar-refractivity contribution < 1.29 is 46.5 Å². The molecule has 20 heteroatoms. The lowest BCUT2D eigenvalue weighted by atomic mass is 9.96. The number of aliphatic hydroxyl groups is 2. The minimum atomic E-state index is -0.321. The van der Waals surface area contributed by atoms with Gasteiger partial charge >= 0.3 is 5.97 Å². The molecular weight excluding hydrogens is 1230 g/mol. The van der Waals surface area contributed by atoms with E-state index in [-0.39, 0.29) is 54.2 Å². The first-order valence-electron chi connectivity index (χ1n) is 31.7. The fraction of sp³-hybridized carbons (Fsp3) is 0.311. The predicted molar refractivity (Wildman–Crippen MR) is 364 cm³/mol. The van der Waals surface area contributed by atoms with Crippen LogP contribution in [0, 0.1) is 52.8 Å². The minimum absolute atomic E-state index is 0.102. The van der Waals surface area contributed by atoms with Crippen LogP contribution in [0.15, 0.2) is 177 Å². The van der Waals surface area contributed by atoms with Crippen molar-refractivity contribution in [3.05, 3.63) is 211 Å². The van der Waals surface area contributed by atoms with Gasteiger partial charge in [0.15, 0.2) is 0 Å².